The second-order valence-electron chi connectivity index (χ2n) is 6.56. The molecule has 0 saturated carbocycles. The quantitative estimate of drug-likeness (QED) is 0.111. The van der Waals surface area contributed by atoms with Crippen molar-refractivity contribution in [2.24, 2.45) is 0 Å². The van der Waals surface area contributed by atoms with Crippen molar-refractivity contribution in [2.75, 3.05) is 13.2 Å². The van der Waals surface area contributed by atoms with Crippen LogP contribution in [-0.2, 0) is 24.1 Å². The summed E-state index contributed by atoms with van der Waals surface area (Å²) >= 11 is 0. The number of hydrogen-bond donors (Lipinski definition) is 4. The van der Waals surface area contributed by atoms with E-state index in [0.717, 1.165) is 5.57 Å². The minimum Gasteiger partial charge on any atom is -0.726 e. The van der Waals surface area contributed by atoms with E-state index in [4.69, 9.17) is 14.6 Å². The zero-order valence-corrected chi connectivity index (χ0v) is 20.2. The number of aliphatic hydroxyl groups is 4. The van der Waals surface area contributed by atoms with Crippen LogP contribution in [-0.4, -0.2) is 82.9 Å². The number of rotatable bonds is 10. The molecule has 1 saturated heterocycles. The van der Waals surface area contributed by atoms with Crippen molar-refractivity contribution in [3.63, 3.8) is 0 Å². The van der Waals surface area contributed by atoms with Gasteiger partial charge in [0.05, 0.1) is 18.8 Å². The summed E-state index contributed by atoms with van der Waals surface area (Å²) in [6.45, 7) is 6.24. The van der Waals surface area contributed by atoms with Gasteiger partial charge in [0.2, 0.25) is 10.4 Å². The molecule has 0 unspecified atom stereocenters. The Balaban J connectivity index is 0.00000729. The van der Waals surface area contributed by atoms with Gasteiger partial charge in [0.15, 0.2) is 6.29 Å². The van der Waals surface area contributed by atoms with E-state index in [2.05, 4.69) is 10.8 Å². The van der Waals surface area contributed by atoms with Gasteiger partial charge in [0.1, 0.15) is 24.4 Å². The van der Waals surface area contributed by atoms with Gasteiger partial charge in [-0.1, -0.05) is 17.7 Å². The number of allylic oxidation sites excluding steroid dienone is 1. The fourth-order valence-electron chi connectivity index (χ4n) is 2.54. The smallest absolute Gasteiger partial charge is 0.726 e. The summed E-state index contributed by atoms with van der Waals surface area (Å²) in [5.41, 5.74) is -0.283. The predicted molar refractivity (Wildman–Crippen MR) is 92.1 cm³/mol. The first-order chi connectivity index (χ1) is 12.5. The molecule has 1 rings (SSSR count). The molecular formula is C16H27KO10S. The van der Waals surface area contributed by atoms with Crippen molar-refractivity contribution >= 4 is 10.4 Å². The van der Waals surface area contributed by atoms with Gasteiger partial charge in [-0.2, -0.15) is 0 Å². The molecule has 12 heteroatoms. The van der Waals surface area contributed by atoms with Crippen LogP contribution < -0.4 is 51.4 Å². The summed E-state index contributed by atoms with van der Waals surface area (Å²) in [5.74, 6) is 0. The van der Waals surface area contributed by atoms with Crippen LogP contribution in [0.25, 0.3) is 0 Å². The molecule has 1 aliphatic rings. The SMILES string of the molecule is C=C[C@](C)(CC/C=C(\C)CO)O[C@@H]1O[C@H](CO)[C@@H](O)[C@H](OS(=O)(=O)[O-])[C@H]1O.[K+]. The van der Waals surface area contributed by atoms with Crippen LogP contribution in [0, 0.1) is 0 Å². The maximum atomic E-state index is 10.9. The first-order valence-corrected chi connectivity index (χ1v) is 9.64. The Morgan fingerprint density at radius 1 is 1.32 bits per heavy atom. The predicted octanol–water partition coefficient (Wildman–Crippen LogP) is -4.05. The van der Waals surface area contributed by atoms with Crippen LogP contribution in [0.1, 0.15) is 26.7 Å². The van der Waals surface area contributed by atoms with Crippen molar-refractivity contribution in [3.05, 3.63) is 24.3 Å². The van der Waals surface area contributed by atoms with Gasteiger partial charge in [0.25, 0.3) is 0 Å². The molecule has 0 spiro atoms. The van der Waals surface area contributed by atoms with Gasteiger partial charge >= 0.3 is 51.4 Å². The van der Waals surface area contributed by atoms with E-state index in [0.29, 0.717) is 12.8 Å². The zero-order chi connectivity index (χ0) is 20.8. The van der Waals surface area contributed by atoms with E-state index in [1.54, 1.807) is 19.9 Å². The second-order valence-corrected chi connectivity index (χ2v) is 7.57. The van der Waals surface area contributed by atoms with E-state index < -0.39 is 53.3 Å². The molecule has 0 aromatic rings. The van der Waals surface area contributed by atoms with Gasteiger partial charge in [-0.05, 0) is 26.7 Å². The molecule has 6 atom stereocenters. The number of hydrogen-bond acceptors (Lipinski definition) is 10. The van der Waals surface area contributed by atoms with Gasteiger partial charge in [-0.15, -0.1) is 6.58 Å². The molecule has 1 fully saturated rings. The topological polar surface area (TPSA) is 166 Å². The molecule has 1 heterocycles. The Hall–Kier alpha value is 0.746. The molecule has 28 heavy (non-hydrogen) atoms. The van der Waals surface area contributed by atoms with E-state index in [-0.39, 0.29) is 58.0 Å². The first kappa shape index (κ1) is 28.7. The van der Waals surface area contributed by atoms with Gasteiger partial charge in [-0.25, -0.2) is 8.42 Å². The summed E-state index contributed by atoms with van der Waals surface area (Å²) in [7, 11) is -5.23. The van der Waals surface area contributed by atoms with Crippen LogP contribution in [0.2, 0.25) is 0 Å². The molecule has 10 nitrogen and oxygen atoms in total. The summed E-state index contributed by atoms with van der Waals surface area (Å²) < 4.78 is 47.9. The summed E-state index contributed by atoms with van der Waals surface area (Å²) in [5, 5.41) is 38.6. The summed E-state index contributed by atoms with van der Waals surface area (Å²) in [6.07, 6.45) is -4.17. The Kier molecular flexibility index (Phi) is 12.9. The van der Waals surface area contributed by atoms with Crippen LogP contribution in [0.4, 0.5) is 0 Å². The van der Waals surface area contributed by atoms with Crippen LogP contribution in [0.5, 0.6) is 0 Å². The molecule has 0 amide bonds. The van der Waals surface area contributed by atoms with Crippen molar-refractivity contribution in [2.45, 2.75) is 63.0 Å². The van der Waals surface area contributed by atoms with Crippen LogP contribution in [0.3, 0.4) is 0 Å². The minimum atomic E-state index is -5.23. The summed E-state index contributed by atoms with van der Waals surface area (Å²) in [4.78, 5) is 0. The van der Waals surface area contributed by atoms with Crippen molar-refractivity contribution in [1.82, 2.24) is 0 Å². The maximum Gasteiger partial charge on any atom is 1.00 e. The zero-order valence-electron chi connectivity index (χ0n) is 16.2. The third kappa shape index (κ3) is 8.85. The van der Waals surface area contributed by atoms with E-state index in [1.165, 1.54) is 6.08 Å². The van der Waals surface area contributed by atoms with E-state index in [9.17, 15) is 28.3 Å². The Bertz CT molecular complexity index is 625. The van der Waals surface area contributed by atoms with Crippen molar-refractivity contribution < 1.29 is 98.4 Å². The molecule has 0 aromatic heterocycles. The third-order valence-electron chi connectivity index (χ3n) is 4.25. The van der Waals surface area contributed by atoms with Crippen LogP contribution in [0.15, 0.2) is 24.3 Å². The molecule has 0 bridgehead atoms. The molecule has 0 aliphatic carbocycles. The normalized spacial score (nSPS) is 31.0. The Morgan fingerprint density at radius 2 is 1.93 bits per heavy atom. The minimum absolute atomic E-state index is 0. The van der Waals surface area contributed by atoms with Crippen molar-refractivity contribution in [3.8, 4) is 0 Å². The van der Waals surface area contributed by atoms with Crippen LogP contribution >= 0.6 is 0 Å². The number of aliphatic hydroxyl groups excluding tert-OH is 4. The van der Waals surface area contributed by atoms with Gasteiger partial charge < -0.3 is 34.5 Å². The average molecular weight is 451 g/mol. The average Bonchev–Trinajstić information content (AvgIpc) is 2.60. The molecule has 4 N–H and O–H groups in total. The largest absolute Gasteiger partial charge is 1.00 e. The maximum absolute atomic E-state index is 10.9. The van der Waals surface area contributed by atoms with Gasteiger partial charge in [-0.3, -0.25) is 4.18 Å². The second kappa shape index (κ2) is 12.6. The molecule has 0 radical (unpaired) electrons. The van der Waals surface area contributed by atoms with E-state index in [1.807, 2.05) is 0 Å². The number of ether oxygens (including phenoxy) is 2. The Labute approximate surface area is 207 Å². The fraction of sp³-hybridized carbons (Fsp3) is 0.750. The monoisotopic (exact) mass is 450 g/mol. The van der Waals surface area contributed by atoms with Gasteiger partial charge in [0, 0.05) is 0 Å². The van der Waals surface area contributed by atoms with Crippen molar-refractivity contribution in [1.29, 1.82) is 0 Å². The molecule has 0 aromatic carbocycles. The summed E-state index contributed by atoms with van der Waals surface area (Å²) in [6, 6.07) is 0. The molecule has 1 aliphatic heterocycles. The fourth-order valence-corrected chi connectivity index (χ4v) is 3.04. The van der Waals surface area contributed by atoms with E-state index >= 15 is 0 Å². The standard InChI is InChI=1S/C16H28O10S.K/c1-4-16(3,7-5-6-10(2)8-17)25-15-13(20)14(26-27(21,22)23)12(19)11(9-18)24-15;/h4,6,11-15,17-20H,1,5,7-9H2,2-3H3,(H,21,22,23);/q;+1/p-1/b10-6+;/t11-,12-,13-,14+,15+,16-;/m1./s1. The third-order valence-corrected chi connectivity index (χ3v) is 4.71. The molecule has 158 valence electrons. The Morgan fingerprint density at radius 3 is 2.39 bits per heavy atom. The molecular weight excluding hydrogens is 423 g/mol. The first-order valence-electron chi connectivity index (χ1n) is 8.30.